The number of rotatable bonds is 4. The second kappa shape index (κ2) is 6.48. The molecular weight excluding hydrogens is 324 g/mol. The van der Waals surface area contributed by atoms with Gasteiger partial charge in [0, 0.05) is 32.1 Å². The highest BCUT2D eigenvalue weighted by molar-refractivity contribution is 7.89. The van der Waals surface area contributed by atoms with E-state index in [1.807, 2.05) is 24.0 Å². The molecule has 1 saturated carbocycles. The first-order chi connectivity index (χ1) is 11.3. The minimum absolute atomic E-state index is 0.193. The molecule has 3 rings (SSSR count). The molecule has 132 valence electrons. The van der Waals surface area contributed by atoms with Crippen LogP contribution in [0.25, 0.3) is 0 Å². The van der Waals surface area contributed by atoms with Gasteiger partial charge in [0.25, 0.3) is 0 Å². The number of piperazine rings is 1. The number of nitrogens with zero attached hydrogens (tertiary/aromatic N) is 2. The average Bonchev–Trinajstić information content (AvgIpc) is 3.39. The number of sulfonamides is 1. The highest BCUT2D eigenvalue weighted by Crippen LogP contribution is 2.32. The number of carbonyl (C=O) groups is 1. The second-order valence-corrected chi connectivity index (χ2v) is 9.09. The Morgan fingerprint density at radius 1 is 1.12 bits per heavy atom. The molecule has 0 atom stereocenters. The fourth-order valence-corrected chi connectivity index (χ4v) is 4.81. The van der Waals surface area contributed by atoms with E-state index in [2.05, 4.69) is 13.8 Å². The molecule has 0 spiro atoms. The van der Waals surface area contributed by atoms with E-state index < -0.39 is 10.0 Å². The van der Waals surface area contributed by atoms with Gasteiger partial charge in [-0.3, -0.25) is 4.79 Å². The SMILES string of the molecule is Cc1ccc(C(C)C)cc1S(=O)(=O)N1CCN(C(=O)C2CC2)CC1. The summed E-state index contributed by atoms with van der Waals surface area (Å²) in [5, 5.41) is 0. The van der Waals surface area contributed by atoms with Crippen LogP contribution in [0.2, 0.25) is 0 Å². The van der Waals surface area contributed by atoms with Crippen molar-refractivity contribution in [2.75, 3.05) is 26.2 Å². The van der Waals surface area contributed by atoms with Crippen molar-refractivity contribution in [1.29, 1.82) is 0 Å². The van der Waals surface area contributed by atoms with Gasteiger partial charge in [-0.2, -0.15) is 4.31 Å². The van der Waals surface area contributed by atoms with Crippen LogP contribution in [0.5, 0.6) is 0 Å². The maximum atomic E-state index is 13.0. The zero-order chi connectivity index (χ0) is 17.5. The summed E-state index contributed by atoms with van der Waals surface area (Å²) in [6.45, 7) is 7.71. The van der Waals surface area contributed by atoms with Crippen LogP contribution < -0.4 is 0 Å². The Bertz CT molecular complexity index is 731. The molecule has 1 aromatic carbocycles. The lowest BCUT2D eigenvalue weighted by atomic mass is 10.0. The highest BCUT2D eigenvalue weighted by Gasteiger charge is 2.37. The lowest BCUT2D eigenvalue weighted by Crippen LogP contribution is -2.51. The van der Waals surface area contributed by atoms with Crippen LogP contribution in [-0.4, -0.2) is 49.7 Å². The summed E-state index contributed by atoms with van der Waals surface area (Å²) in [6, 6.07) is 5.68. The van der Waals surface area contributed by atoms with Crippen molar-refractivity contribution in [3.8, 4) is 0 Å². The van der Waals surface area contributed by atoms with Gasteiger partial charge in [0.05, 0.1) is 4.90 Å². The van der Waals surface area contributed by atoms with Crippen LogP contribution in [-0.2, 0) is 14.8 Å². The normalized spacial score (nSPS) is 19.8. The fourth-order valence-electron chi connectivity index (χ4n) is 3.13. The molecular formula is C18H26N2O3S. The Kier molecular flexibility index (Phi) is 4.71. The van der Waals surface area contributed by atoms with Gasteiger partial charge in [0.15, 0.2) is 0 Å². The lowest BCUT2D eigenvalue weighted by molar-refractivity contribution is -0.133. The van der Waals surface area contributed by atoms with E-state index in [-0.39, 0.29) is 17.7 Å². The Hall–Kier alpha value is -1.40. The fraction of sp³-hybridized carbons (Fsp3) is 0.611. The summed E-state index contributed by atoms with van der Waals surface area (Å²) in [7, 11) is -3.51. The Balaban J connectivity index is 1.77. The first kappa shape index (κ1) is 17.4. The average molecular weight is 350 g/mol. The summed E-state index contributed by atoms with van der Waals surface area (Å²) in [6.07, 6.45) is 1.97. The zero-order valence-electron chi connectivity index (χ0n) is 14.7. The third-order valence-corrected chi connectivity index (χ3v) is 7.01. The zero-order valence-corrected chi connectivity index (χ0v) is 15.5. The molecule has 1 saturated heterocycles. The third-order valence-electron chi connectivity index (χ3n) is 4.97. The van der Waals surface area contributed by atoms with Crippen molar-refractivity contribution in [2.45, 2.75) is 44.4 Å². The van der Waals surface area contributed by atoms with Crippen LogP contribution in [0.4, 0.5) is 0 Å². The van der Waals surface area contributed by atoms with Gasteiger partial charge in [-0.05, 0) is 42.9 Å². The molecule has 1 heterocycles. The van der Waals surface area contributed by atoms with Crippen molar-refractivity contribution in [3.05, 3.63) is 29.3 Å². The largest absolute Gasteiger partial charge is 0.340 e. The third kappa shape index (κ3) is 3.35. The quantitative estimate of drug-likeness (QED) is 0.838. The molecule has 1 amide bonds. The summed E-state index contributed by atoms with van der Waals surface area (Å²) in [5.41, 5.74) is 1.80. The predicted molar refractivity (Wildman–Crippen MR) is 93.3 cm³/mol. The molecule has 1 aliphatic carbocycles. The molecule has 1 aliphatic heterocycles. The predicted octanol–water partition coefficient (Wildman–Crippen LogP) is 2.36. The van der Waals surface area contributed by atoms with E-state index in [1.54, 1.807) is 6.07 Å². The molecule has 2 fully saturated rings. The van der Waals surface area contributed by atoms with E-state index in [0.717, 1.165) is 24.0 Å². The first-order valence-electron chi connectivity index (χ1n) is 8.70. The highest BCUT2D eigenvalue weighted by atomic mass is 32.2. The molecule has 5 nitrogen and oxygen atoms in total. The Morgan fingerprint density at radius 2 is 1.75 bits per heavy atom. The number of carbonyl (C=O) groups excluding carboxylic acids is 1. The first-order valence-corrected chi connectivity index (χ1v) is 10.1. The number of hydrogen-bond donors (Lipinski definition) is 0. The molecule has 1 aromatic rings. The van der Waals surface area contributed by atoms with Crippen molar-refractivity contribution >= 4 is 15.9 Å². The maximum absolute atomic E-state index is 13.0. The van der Waals surface area contributed by atoms with Crippen molar-refractivity contribution < 1.29 is 13.2 Å². The van der Waals surface area contributed by atoms with E-state index in [9.17, 15) is 13.2 Å². The van der Waals surface area contributed by atoms with E-state index in [1.165, 1.54) is 4.31 Å². The number of amides is 1. The van der Waals surface area contributed by atoms with Gasteiger partial charge in [-0.1, -0.05) is 26.0 Å². The topological polar surface area (TPSA) is 57.7 Å². The summed E-state index contributed by atoms with van der Waals surface area (Å²) < 4.78 is 27.6. The standard InChI is InChI=1S/C18H26N2O3S/c1-13(2)16-5-4-14(3)17(12-16)24(22,23)20-10-8-19(9-11-20)18(21)15-6-7-15/h4-5,12-13,15H,6-11H2,1-3H3. The van der Waals surface area contributed by atoms with E-state index in [4.69, 9.17) is 0 Å². The minimum Gasteiger partial charge on any atom is -0.340 e. The molecule has 0 bridgehead atoms. The molecule has 0 radical (unpaired) electrons. The summed E-state index contributed by atoms with van der Waals surface area (Å²) >= 11 is 0. The number of aryl methyl sites for hydroxylation is 1. The van der Waals surface area contributed by atoms with Crippen LogP contribution in [0.1, 0.15) is 43.7 Å². The minimum atomic E-state index is -3.51. The molecule has 6 heteroatoms. The van der Waals surface area contributed by atoms with Crippen LogP contribution in [0, 0.1) is 12.8 Å². The van der Waals surface area contributed by atoms with Gasteiger partial charge in [0.2, 0.25) is 15.9 Å². The molecule has 0 aromatic heterocycles. The van der Waals surface area contributed by atoms with Crippen LogP contribution >= 0.6 is 0 Å². The van der Waals surface area contributed by atoms with E-state index in [0.29, 0.717) is 31.1 Å². The van der Waals surface area contributed by atoms with Crippen molar-refractivity contribution in [2.24, 2.45) is 5.92 Å². The van der Waals surface area contributed by atoms with Crippen molar-refractivity contribution in [1.82, 2.24) is 9.21 Å². The van der Waals surface area contributed by atoms with E-state index >= 15 is 0 Å². The van der Waals surface area contributed by atoms with Crippen molar-refractivity contribution in [3.63, 3.8) is 0 Å². The van der Waals surface area contributed by atoms with Gasteiger partial charge in [0.1, 0.15) is 0 Å². The molecule has 2 aliphatic rings. The monoisotopic (exact) mass is 350 g/mol. The Morgan fingerprint density at radius 3 is 2.29 bits per heavy atom. The van der Waals surface area contributed by atoms with Gasteiger partial charge >= 0.3 is 0 Å². The second-order valence-electron chi connectivity index (χ2n) is 7.18. The van der Waals surface area contributed by atoms with Gasteiger partial charge in [-0.25, -0.2) is 8.42 Å². The number of benzene rings is 1. The number of hydrogen-bond acceptors (Lipinski definition) is 3. The molecule has 24 heavy (non-hydrogen) atoms. The summed E-state index contributed by atoms with van der Waals surface area (Å²) in [4.78, 5) is 14.3. The maximum Gasteiger partial charge on any atom is 0.243 e. The molecule has 0 unspecified atom stereocenters. The van der Waals surface area contributed by atoms with Gasteiger partial charge in [-0.15, -0.1) is 0 Å². The lowest BCUT2D eigenvalue weighted by Gasteiger charge is -2.34. The molecule has 0 N–H and O–H groups in total. The summed E-state index contributed by atoms with van der Waals surface area (Å²) in [5.74, 6) is 0.677. The van der Waals surface area contributed by atoms with Crippen LogP contribution in [0.3, 0.4) is 0 Å². The smallest absolute Gasteiger partial charge is 0.243 e. The Labute approximate surface area is 144 Å². The van der Waals surface area contributed by atoms with Gasteiger partial charge < -0.3 is 4.90 Å². The van der Waals surface area contributed by atoms with Crippen LogP contribution in [0.15, 0.2) is 23.1 Å².